The second kappa shape index (κ2) is 6.40. The molecule has 0 aliphatic heterocycles. The molecule has 0 radical (unpaired) electrons. The minimum Gasteiger partial charge on any atom is -0.466 e. The van der Waals surface area contributed by atoms with E-state index in [2.05, 4.69) is 0 Å². The van der Waals surface area contributed by atoms with E-state index in [9.17, 15) is 9.18 Å². The van der Waals surface area contributed by atoms with Crippen LogP contribution in [-0.4, -0.2) is 12.6 Å². The van der Waals surface area contributed by atoms with Crippen LogP contribution in [0, 0.1) is 12.7 Å². The number of hydrogen-bond acceptors (Lipinski definition) is 2. The maximum absolute atomic E-state index is 13.5. The van der Waals surface area contributed by atoms with E-state index in [0.717, 1.165) is 0 Å². The van der Waals surface area contributed by atoms with Crippen molar-refractivity contribution in [3.8, 4) is 0 Å². The molecule has 0 aromatic heterocycles. The third-order valence-electron chi connectivity index (χ3n) is 2.17. The van der Waals surface area contributed by atoms with Gasteiger partial charge in [-0.3, -0.25) is 4.79 Å². The van der Waals surface area contributed by atoms with Crippen molar-refractivity contribution in [1.82, 2.24) is 0 Å². The summed E-state index contributed by atoms with van der Waals surface area (Å²) >= 11 is 5.88. The molecule has 0 saturated heterocycles. The zero-order valence-corrected chi connectivity index (χ0v) is 10.6. The van der Waals surface area contributed by atoms with Crippen molar-refractivity contribution >= 4 is 23.6 Å². The van der Waals surface area contributed by atoms with Gasteiger partial charge in [-0.05, 0) is 31.5 Å². The first-order chi connectivity index (χ1) is 8.04. The van der Waals surface area contributed by atoms with E-state index in [4.69, 9.17) is 16.3 Å². The van der Waals surface area contributed by atoms with Crippen LogP contribution < -0.4 is 0 Å². The summed E-state index contributed by atoms with van der Waals surface area (Å²) in [7, 11) is 0. The molecule has 0 amide bonds. The first kappa shape index (κ1) is 13.7. The summed E-state index contributed by atoms with van der Waals surface area (Å²) in [6, 6.07) is 2.90. The Morgan fingerprint density at radius 2 is 2.24 bits per heavy atom. The average molecular weight is 257 g/mol. The summed E-state index contributed by atoms with van der Waals surface area (Å²) in [5, 5.41) is 0.502. The lowest BCUT2D eigenvalue weighted by Crippen LogP contribution is -2.01. The smallest absolute Gasteiger partial charge is 0.309 e. The van der Waals surface area contributed by atoms with Crippen LogP contribution in [0.3, 0.4) is 0 Å². The van der Waals surface area contributed by atoms with Gasteiger partial charge in [-0.15, -0.1) is 0 Å². The quantitative estimate of drug-likeness (QED) is 0.767. The van der Waals surface area contributed by atoms with Crippen LogP contribution in [0.15, 0.2) is 18.2 Å². The molecule has 0 bridgehead atoms. The van der Waals surface area contributed by atoms with Crippen molar-refractivity contribution in [2.24, 2.45) is 0 Å². The zero-order chi connectivity index (χ0) is 12.8. The average Bonchev–Trinajstić information content (AvgIpc) is 2.26. The Labute approximate surface area is 105 Å². The largest absolute Gasteiger partial charge is 0.466 e. The zero-order valence-electron chi connectivity index (χ0n) is 9.80. The second-order valence-corrected chi connectivity index (χ2v) is 3.94. The van der Waals surface area contributed by atoms with Crippen LogP contribution in [0.2, 0.25) is 5.02 Å². The van der Waals surface area contributed by atoms with Gasteiger partial charge in [0.15, 0.2) is 0 Å². The monoisotopic (exact) mass is 256 g/mol. The van der Waals surface area contributed by atoms with Crippen LogP contribution in [0.4, 0.5) is 4.39 Å². The van der Waals surface area contributed by atoms with Crippen LogP contribution in [0.5, 0.6) is 0 Å². The topological polar surface area (TPSA) is 26.3 Å². The molecule has 0 heterocycles. The lowest BCUT2D eigenvalue weighted by Gasteiger charge is -2.02. The van der Waals surface area contributed by atoms with Crippen LogP contribution >= 0.6 is 11.6 Å². The van der Waals surface area contributed by atoms with Crippen molar-refractivity contribution < 1.29 is 13.9 Å². The molecule has 0 spiro atoms. The molecule has 0 atom stereocenters. The lowest BCUT2D eigenvalue weighted by molar-refractivity contribution is -0.142. The Kier molecular flexibility index (Phi) is 5.16. The number of esters is 1. The van der Waals surface area contributed by atoms with Crippen LogP contribution in [-0.2, 0) is 9.53 Å². The minimum atomic E-state index is -0.355. The van der Waals surface area contributed by atoms with Crippen molar-refractivity contribution in [2.45, 2.75) is 20.3 Å². The summed E-state index contributed by atoms with van der Waals surface area (Å²) in [6.45, 7) is 3.82. The van der Waals surface area contributed by atoms with Crippen molar-refractivity contribution in [3.63, 3.8) is 0 Å². The predicted octanol–water partition coefficient (Wildman–Crippen LogP) is 3.75. The summed E-state index contributed by atoms with van der Waals surface area (Å²) in [6.07, 6.45) is 3.21. The Hall–Kier alpha value is -1.35. The maximum atomic E-state index is 13.5. The number of benzene rings is 1. The Morgan fingerprint density at radius 3 is 2.88 bits per heavy atom. The molecule has 1 aromatic carbocycles. The highest BCUT2D eigenvalue weighted by molar-refractivity contribution is 6.31. The van der Waals surface area contributed by atoms with Crippen molar-refractivity contribution in [3.05, 3.63) is 40.2 Å². The van der Waals surface area contributed by atoms with Gasteiger partial charge in [0.05, 0.1) is 13.0 Å². The maximum Gasteiger partial charge on any atom is 0.309 e. The molecule has 0 fully saturated rings. The number of halogens is 2. The van der Waals surface area contributed by atoms with Gasteiger partial charge in [0.1, 0.15) is 5.82 Å². The SMILES string of the molecule is CCOC(=O)CC=Cc1cc(Cl)c(C)cc1F. The van der Waals surface area contributed by atoms with Gasteiger partial charge in [-0.1, -0.05) is 23.8 Å². The number of hydrogen-bond donors (Lipinski definition) is 0. The van der Waals surface area contributed by atoms with Crippen molar-refractivity contribution in [1.29, 1.82) is 0 Å². The number of aryl methyl sites for hydroxylation is 1. The summed E-state index contributed by atoms with van der Waals surface area (Å²) in [5.41, 5.74) is 1.05. The molecule has 0 unspecified atom stereocenters. The van der Waals surface area contributed by atoms with Gasteiger partial charge in [0, 0.05) is 10.6 Å². The number of rotatable bonds is 4. The van der Waals surface area contributed by atoms with E-state index in [1.54, 1.807) is 19.9 Å². The van der Waals surface area contributed by atoms with E-state index in [-0.39, 0.29) is 18.2 Å². The number of carbonyl (C=O) groups is 1. The van der Waals surface area contributed by atoms with Gasteiger partial charge < -0.3 is 4.74 Å². The molecule has 4 heteroatoms. The molecule has 0 aliphatic rings. The fourth-order valence-corrected chi connectivity index (χ4v) is 1.46. The fourth-order valence-electron chi connectivity index (χ4n) is 1.29. The van der Waals surface area contributed by atoms with Crippen molar-refractivity contribution in [2.75, 3.05) is 6.61 Å². The summed E-state index contributed by atoms with van der Waals surface area (Å²) in [5.74, 6) is -0.686. The molecule has 92 valence electrons. The van der Waals surface area contributed by atoms with Gasteiger partial charge >= 0.3 is 5.97 Å². The highest BCUT2D eigenvalue weighted by Crippen LogP contribution is 2.21. The number of ether oxygens (including phenoxy) is 1. The highest BCUT2D eigenvalue weighted by atomic mass is 35.5. The normalized spacial score (nSPS) is 10.8. The molecule has 17 heavy (non-hydrogen) atoms. The standard InChI is InChI=1S/C13H14ClFO2/c1-3-17-13(16)6-4-5-10-8-11(14)9(2)7-12(10)15/h4-5,7-8H,3,6H2,1-2H3. The molecule has 0 N–H and O–H groups in total. The predicted molar refractivity (Wildman–Crippen MR) is 66.4 cm³/mol. The molecular weight excluding hydrogens is 243 g/mol. The van der Waals surface area contributed by atoms with Gasteiger partial charge in [0.25, 0.3) is 0 Å². The summed E-state index contributed by atoms with van der Waals surface area (Å²) in [4.78, 5) is 11.0. The molecule has 2 nitrogen and oxygen atoms in total. The summed E-state index contributed by atoms with van der Waals surface area (Å²) < 4.78 is 18.2. The first-order valence-corrected chi connectivity index (χ1v) is 5.70. The number of carbonyl (C=O) groups excluding carboxylic acids is 1. The van der Waals surface area contributed by atoms with E-state index in [0.29, 0.717) is 22.8 Å². The Bertz CT molecular complexity index is 441. The molecule has 1 aromatic rings. The lowest BCUT2D eigenvalue weighted by atomic mass is 10.1. The Balaban J connectivity index is 2.71. The van der Waals surface area contributed by atoms with Crippen LogP contribution in [0.1, 0.15) is 24.5 Å². The first-order valence-electron chi connectivity index (χ1n) is 5.32. The van der Waals surface area contributed by atoms with E-state index >= 15 is 0 Å². The van der Waals surface area contributed by atoms with Gasteiger partial charge in [0.2, 0.25) is 0 Å². The minimum absolute atomic E-state index is 0.124. The van der Waals surface area contributed by atoms with Gasteiger partial charge in [-0.2, -0.15) is 0 Å². The third-order valence-corrected chi connectivity index (χ3v) is 2.57. The van der Waals surface area contributed by atoms with E-state index in [1.165, 1.54) is 18.2 Å². The molecule has 0 aliphatic carbocycles. The van der Waals surface area contributed by atoms with E-state index in [1.807, 2.05) is 0 Å². The van der Waals surface area contributed by atoms with Gasteiger partial charge in [-0.25, -0.2) is 4.39 Å². The van der Waals surface area contributed by atoms with Crippen LogP contribution in [0.25, 0.3) is 6.08 Å². The molecular formula is C13H14ClFO2. The fraction of sp³-hybridized carbons (Fsp3) is 0.308. The Morgan fingerprint density at radius 1 is 1.53 bits per heavy atom. The molecule has 1 rings (SSSR count). The third kappa shape index (κ3) is 4.19. The van der Waals surface area contributed by atoms with E-state index < -0.39 is 0 Å². The second-order valence-electron chi connectivity index (χ2n) is 3.53. The molecule has 0 saturated carbocycles. The highest BCUT2D eigenvalue weighted by Gasteiger charge is 2.03.